The van der Waals surface area contributed by atoms with Gasteiger partial charge in [-0.05, 0) is 40.7 Å². The number of aliphatic imine (C=N–C) groups is 1. The van der Waals surface area contributed by atoms with Gasteiger partial charge >= 0.3 is 0 Å². The van der Waals surface area contributed by atoms with Crippen molar-refractivity contribution >= 4 is 17.8 Å². The Bertz CT molecular complexity index is 572. The highest BCUT2D eigenvalue weighted by Gasteiger charge is 2.40. The fraction of sp³-hybridized carbons (Fsp3) is 0.400. The molecule has 1 aromatic rings. The highest BCUT2D eigenvalue weighted by atomic mass is 35.5. The van der Waals surface area contributed by atoms with Crippen molar-refractivity contribution in [2.75, 3.05) is 6.54 Å². The Balaban J connectivity index is 2.03. The van der Waals surface area contributed by atoms with Gasteiger partial charge in [0.2, 0.25) is 0 Å². The molecule has 1 aliphatic heterocycles. The van der Waals surface area contributed by atoms with E-state index in [-0.39, 0.29) is 16.3 Å². The fourth-order valence-electron chi connectivity index (χ4n) is 3.08. The molecule has 1 atom stereocenters. The Kier molecular flexibility index (Phi) is 2.60. The number of nitrogens with zero attached hydrogens (tertiary/aromatic N) is 1. The fourth-order valence-corrected chi connectivity index (χ4v) is 3.27. The molecule has 1 nitrogen and oxygen atoms in total. The molecule has 3 rings (SSSR count). The number of rotatable bonds is 1. The first-order valence-electron chi connectivity index (χ1n) is 6.17. The highest BCUT2D eigenvalue weighted by Crippen LogP contribution is 2.51. The number of allylic oxidation sites excluding steroid dienone is 1. The standard InChI is InChI=1S/C15H15ClFN/c1-15(2)6-10(11-7-18-8-12(11)15)9-3-4-14(17)13(16)5-9/h3-5,7,10H,6,8H2,1-2H3. The average Bonchev–Trinajstić information content (AvgIpc) is 2.86. The van der Waals surface area contributed by atoms with Crippen LogP contribution in [0.2, 0.25) is 5.02 Å². The van der Waals surface area contributed by atoms with Crippen molar-refractivity contribution in [1.29, 1.82) is 0 Å². The van der Waals surface area contributed by atoms with Crippen molar-refractivity contribution in [3.8, 4) is 0 Å². The van der Waals surface area contributed by atoms with Crippen LogP contribution < -0.4 is 0 Å². The van der Waals surface area contributed by atoms with E-state index in [9.17, 15) is 4.39 Å². The van der Waals surface area contributed by atoms with E-state index in [1.807, 2.05) is 12.3 Å². The third kappa shape index (κ3) is 1.71. The molecule has 18 heavy (non-hydrogen) atoms. The van der Waals surface area contributed by atoms with Crippen LogP contribution in [0.4, 0.5) is 4.39 Å². The first-order chi connectivity index (χ1) is 8.49. The maximum Gasteiger partial charge on any atom is 0.141 e. The van der Waals surface area contributed by atoms with Gasteiger partial charge < -0.3 is 0 Å². The van der Waals surface area contributed by atoms with E-state index in [1.54, 1.807) is 6.07 Å². The van der Waals surface area contributed by atoms with Crippen molar-refractivity contribution in [3.63, 3.8) is 0 Å². The summed E-state index contributed by atoms with van der Waals surface area (Å²) in [6, 6.07) is 5.04. The summed E-state index contributed by atoms with van der Waals surface area (Å²) < 4.78 is 13.2. The Labute approximate surface area is 111 Å². The van der Waals surface area contributed by atoms with Crippen LogP contribution in [0.15, 0.2) is 34.3 Å². The van der Waals surface area contributed by atoms with Gasteiger partial charge in [0.05, 0.1) is 11.6 Å². The Morgan fingerprint density at radius 1 is 1.39 bits per heavy atom. The zero-order valence-corrected chi connectivity index (χ0v) is 11.3. The van der Waals surface area contributed by atoms with Gasteiger partial charge in [-0.2, -0.15) is 0 Å². The zero-order valence-electron chi connectivity index (χ0n) is 10.5. The van der Waals surface area contributed by atoms with Crippen molar-refractivity contribution < 1.29 is 4.39 Å². The molecule has 0 fully saturated rings. The first kappa shape index (κ1) is 11.9. The van der Waals surface area contributed by atoms with E-state index in [2.05, 4.69) is 18.8 Å². The van der Waals surface area contributed by atoms with Crippen LogP contribution in [-0.4, -0.2) is 12.8 Å². The van der Waals surface area contributed by atoms with Gasteiger partial charge in [-0.3, -0.25) is 4.99 Å². The molecule has 0 amide bonds. The molecule has 3 heteroatoms. The lowest BCUT2D eigenvalue weighted by Gasteiger charge is -2.22. The van der Waals surface area contributed by atoms with Crippen LogP contribution in [0.1, 0.15) is 31.7 Å². The lowest BCUT2D eigenvalue weighted by molar-refractivity contribution is 0.419. The minimum Gasteiger partial charge on any atom is -0.288 e. The predicted octanol–water partition coefficient (Wildman–Crippen LogP) is 4.37. The van der Waals surface area contributed by atoms with Crippen molar-refractivity contribution in [2.45, 2.75) is 26.2 Å². The maximum atomic E-state index is 13.2. The molecular weight excluding hydrogens is 249 g/mol. The number of hydrogen-bond acceptors (Lipinski definition) is 1. The van der Waals surface area contributed by atoms with Crippen molar-refractivity contribution in [3.05, 3.63) is 45.7 Å². The van der Waals surface area contributed by atoms with Gasteiger partial charge in [-0.25, -0.2) is 4.39 Å². The molecule has 0 aromatic heterocycles. The third-order valence-corrected chi connectivity index (χ3v) is 4.37. The normalized spacial score (nSPS) is 24.8. The molecule has 1 aromatic carbocycles. The summed E-state index contributed by atoms with van der Waals surface area (Å²) in [6.07, 6.45) is 3.03. The Hall–Kier alpha value is -1.15. The summed E-state index contributed by atoms with van der Waals surface area (Å²) >= 11 is 5.88. The van der Waals surface area contributed by atoms with Crippen molar-refractivity contribution in [1.82, 2.24) is 0 Å². The van der Waals surface area contributed by atoms with Crippen LogP contribution in [0, 0.1) is 11.2 Å². The lowest BCUT2D eigenvalue weighted by atomic mass is 9.83. The average molecular weight is 264 g/mol. The number of halogens is 2. The zero-order chi connectivity index (χ0) is 12.9. The molecule has 0 radical (unpaired) electrons. The minimum absolute atomic E-state index is 0.178. The molecule has 1 unspecified atom stereocenters. The van der Waals surface area contributed by atoms with E-state index in [0.29, 0.717) is 5.92 Å². The van der Waals surface area contributed by atoms with E-state index < -0.39 is 0 Å². The van der Waals surface area contributed by atoms with E-state index in [0.717, 1.165) is 18.5 Å². The smallest absolute Gasteiger partial charge is 0.141 e. The second-order valence-electron chi connectivity index (χ2n) is 5.72. The van der Waals surface area contributed by atoms with Gasteiger partial charge in [-0.1, -0.05) is 31.5 Å². The topological polar surface area (TPSA) is 12.4 Å². The van der Waals surface area contributed by atoms with Crippen LogP contribution in [0.5, 0.6) is 0 Å². The summed E-state index contributed by atoms with van der Waals surface area (Å²) in [6.45, 7) is 5.32. The summed E-state index contributed by atoms with van der Waals surface area (Å²) in [4.78, 5) is 4.37. The van der Waals surface area contributed by atoms with Crippen LogP contribution in [0.25, 0.3) is 0 Å². The molecule has 0 N–H and O–H groups in total. The molecule has 0 spiro atoms. The van der Waals surface area contributed by atoms with E-state index in [1.165, 1.54) is 17.2 Å². The molecule has 1 aliphatic carbocycles. The SMILES string of the molecule is CC1(C)CC(c2ccc(F)c(Cl)c2)C2=C1CN=C2. The maximum absolute atomic E-state index is 13.2. The summed E-state index contributed by atoms with van der Waals surface area (Å²) in [5, 5.41) is 0.203. The highest BCUT2D eigenvalue weighted by molar-refractivity contribution is 6.30. The minimum atomic E-state index is -0.355. The lowest BCUT2D eigenvalue weighted by Crippen LogP contribution is -2.12. The number of hydrogen-bond donors (Lipinski definition) is 0. The molecule has 0 bridgehead atoms. The van der Waals surface area contributed by atoms with Gasteiger partial charge in [0, 0.05) is 12.1 Å². The third-order valence-electron chi connectivity index (χ3n) is 4.08. The quantitative estimate of drug-likeness (QED) is 0.713. The largest absolute Gasteiger partial charge is 0.288 e. The predicted molar refractivity (Wildman–Crippen MR) is 72.9 cm³/mol. The summed E-state index contributed by atoms with van der Waals surface area (Å²) in [7, 11) is 0. The molecule has 0 saturated carbocycles. The van der Waals surface area contributed by atoms with E-state index >= 15 is 0 Å². The van der Waals surface area contributed by atoms with E-state index in [4.69, 9.17) is 11.6 Å². The van der Waals surface area contributed by atoms with Gasteiger partial charge in [-0.15, -0.1) is 0 Å². The van der Waals surface area contributed by atoms with Gasteiger partial charge in [0.15, 0.2) is 0 Å². The summed E-state index contributed by atoms with van der Waals surface area (Å²) in [5.74, 6) is -0.0497. The van der Waals surface area contributed by atoms with Gasteiger partial charge in [0.25, 0.3) is 0 Å². The second kappa shape index (κ2) is 3.92. The van der Waals surface area contributed by atoms with Crippen LogP contribution >= 0.6 is 11.6 Å². The Morgan fingerprint density at radius 2 is 2.17 bits per heavy atom. The molecule has 94 valence electrons. The molecule has 0 saturated heterocycles. The van der Waals surface area contributed by atoms with Crippen LogP contribution in [-0.2, 0) is 0 Å². The first-order valence-corrected chi connectivity index (χ1v) is 6.55. The Morgan fingerprint density at radius 3 is 2.89 bits per heavy atom. The molecule has 1 heterocycles. The molecular formula is C15H15ClFN. The van der Waals surface area contributed by atoms with Gasteiger partial charge in [0.1, 0.15) is 5.82 Å². The second-order valence-corrected chi connectivity index (χ2v) is 6.13. The van der Waals surface area contributed by atoms with Crippen LogP contribution in [0.3, 0.4) is 0 Å². The monoisotopic (exact) mass is 263 g/mol. The summed E-state index contributed by atoms with van der Waals surface area (Å²) in [5.41, 5.74) is 4.00. The van der Waals surface area contributed by atoms with Crippen molar-refractivity contribution in [2.24, 2.45) is 10.4 Å². The molecule has 2 aliphatic rings. The number of benzene rings is 1.